The van der Waals surface area contributed by atoms with E-state index in [1.807, 2.05) is 0 Å². The molecular formula is C23H26F2N4. The first-order valence-corrected chi connectivity index (χ1v) is 10.1. The number of nitrogens with zero attached hydrogens (tertiary/aromatic N) is 2. The Hall–Kier alpha value is -2.60. The van der Waals surface area contributed by atoms with E-state index in [9.17, 15) is 4.39 Å². The second-order valence-corrected chi connectivity index (χ2v) is 8.62. The van der Waals surface area contributed by atoms with E-state index >= 15 is 4.39 Å². The van der Waals surface area contributed by atoms with Crippen LogP contribution in [0.1, 0.15) is 45.1 Å². The first-order chi connectivity index (χ1) is 13.9. The Balaban J connectivity index is 1.51. The molecule has 2 N–H and O–H groups in total. The van der Waals surface area contributed by atoms with Crippen LogP contribution in [0.4, 0.5) is 8.78 Å². The summed E-state index contributed by atoms with van der Waals surface area (Å²) in [7, 11) is 0. The third kappa shape index (κ3) is 4.37. The average Bonchev–Trinajstić information content (AvgIpc) is 3.23. The molecule has 1 aliphatic carbocycles. The zero-order chi connectivity index (χ0) is 20.4. The smallest absolute Gasteiger partial charge is 0.180 e. The van der Waals surface area contributed by atoms with Gasteiger partial charge in [0.1, 0.15) is 18.0 Å². The lowest BCUT2D eigenvalue weighted by Gasteiger charge is -2.34. The highest BCUT2D eigenvalue weighted by molar-refractivity contribution is 5.69. The average molecular weight is 396 g/mol. The Labute approximate surface area is 169 Å². The molecule has 0 aliphatic heterocycles. The van der Waals surface area contributed by atoms with E-state index in [4.69, 9.17) is 0 Å². The first kappa shape index (κ1) is 19.7. The third-order valence-electron chi connectivity index (χ3n) is 5.93. The van der Waals surface area contributed by atoms with Crippen molar-refractivity contribution in [2.75, 3.05) is 0 Å². The molecular weight excluding hydrogens is 370 g/mol. The van der Waals surface area contributed by atoms with Crippen molar-refractivity contribution in [3.8, 4) is 22.5 Å². The van der Waals surface area contributed by atoms with E-state index < -0.39 is 5.82 Å². The highest BCUT2D eigenvalue weighted by Gasteiger charge is 2.26. The maximum atomic E-state index is 15.2. The molecule has 4 rings (SSSR count). The van der Waals surface area contributed by atoms with E-state index in [0.29, 0.717) is 35.0 Å². The maximum Gasteiger partial charge on any atom is 0.180 e. The zero-order valence-electron chi connectivity index (χ0n) is 16.8. The summed E-state index contributed by atoms with van der Waals surface area (Å²) in [4.78, 5) is 4.02. The highest BCUT2D eigenvalue weighted by atomic mass is 19.1. The number of hydrogen-bond acceptors (Lipinski definition) is 3. The summed E-state index contributed by atoms with van der Waals surface area (Å²) in [6.45, 7) is 5.05. The molecule has 2 aromatic carbocycles. The summed E-state index contributed by atoms with van der Waals surface area (Å²) >= 11 is 0. The predicted molar refractivity (Wildman–Crippen MR) is 110 cm³/mol. The Bertz CT molecular complexity index is 973. The standard InChI is InChI=1S/C23H26F2N4/c1-23(2)10-8-17(9-11-23)26-13-16-4-3-5-19(21(16)25)18-7-6-15(12-20(18)24)22-27-14-28-29-22/h3-7,12,14,17,26H,8-11,13H2,1-2H3,(H,27,28,29). The molecule has 0 spiro atoms. The van der Waals surface area contributed by atoms with Gasteiger partial charge in [-0.25, -0.2) is 13.8 Å². The van der Waals surface area contributed by atoms with Crippen molar-refractivity contribution in [3.63, 3.8) is 0 Å². The summed E-state index contributed by atoms with van der Waals surface area (Å²) in [6.07, 6.45) is 5.99. The maximum absolute atomic E-state index is 15.2. The second kappa shape index (κ2) is 8.03. The van der Waals surface area contributed by atoms with Crippen molar-refractivity contribution >= 4 is 0 Å². The van der Waals surface area contributed by atoms with Crippen molar-refractivity contribution in [2.24, 2.45) is 5.41 Å². The fourth-order valence-electron chi connectivity index (χ4n) is 4.00. The van der Waals surface area contributed by atoms with Gasteiger partial charge in [0.25, 0.3) is 0 Å². The molecule has 3 aromatic rings. The Morgan fingerprint density at radius 2 is 1.90 bits per heavy atom. The lowest BCUT2D eigenvalue weighted by Crippen LogP contribution is -2.35. The lowest BCUT2D eigenvalue weighted by molar-refractivity contribution is 0.205. The quantitative estimate of drug-likeness (QED) is 0.601. The van der Waals surface area contributed by atoms with Crippen LogP contribution in [0, 0.1) is 17.0 Å². The van der Waals surface area contributed by atoms with E-state index in [2.05, 4.69) is 34.3 Å². The minimum Gasteiger partial charge on any atom is -0.310 e. The number of hydrogen-bond donors (Lipinski definition) is 2. The van der Waals surface area contributed by atoms with Gasteiger partial charge in [0, 0.05) is 34.8 Å². The molecule has 0 amide bonds. The van der Waals surface area contributed by atoms with Crippen molar-refractivity contribution < 1.29 is 8.78 Å². The summed E-state index contributed by atoms with van der Waals surface area (Å²) in [5.74, 6) is -0.462. The number of benzene rings is 2. The normalized spacial score (nSPS) is 16.8. The van der Waals surface area contributed by atoms with Crippen LogP contribution in [-0.2, 0) is 6.54 Å². The molecule has 152 valence electrons. The first-order valence-electron chi connectivity index (χ1n) is 10.1. The number of aromatic amines is 1. The van der Waals surface area contributed by atoms with Crippen molar-refractivity contribution in [3.05, 3.63) is 59.9 Å². The van der Waals surface area contributed by atoms with Crippen LogP contribution in [0.15, 0.2) is 42.7 Å². The summed E-state index contributed by atoms with van der Waals surface area (Å²) in [6, 6.07) is 10.2. The van der Waals surface area contributed by atoms with Crippen LogP contribution in [0.5, 0.6) is 0 Å². The molecule has 29 heavy (non-hydrogen) atoms. The third-order valence-corrected chi connectivity index (χ3v) is 5.93. The Morgan fingerprint density at radius 1 is 1.10 bits per heavy atom. The van der Waals surface area contributed by atoms with Gasteiger partial charge in [0.2, 0.25) is 0 Å². The number of nitrogens with one attached hydrogen (secondary N) is 2. The molecule has 1 aliphatic rings. The van der Waals surface area contributed by atoms with Crippen LogP contribution >= 0.6 is 0 Å². The number of rotatable bonds is 5. The van der Waals surface area contributed by atoms with Crippen LogP contribution < -0.4 is 5.32 Å². The topological polar surface area (TPSA) is 53.6 Å². The van der Waals surface area contributed by atoms with Gasteiger partial charge in [-0.05, 0) is 37.2 Å². The SMILES string of the molecule is CC1(C)CCC(NCc2cccc(-c3ccc(-c4nc[nH]n4)cc3F)c2F)CC1. The van der Waals surface area contributed by atoms with Crippen LogP contribution in [-0.4, -0.2) is 21.2 Å². The summed E-state index contributed by atoms with van der Waals surface area (Å²) in [5, 5.41) is 10.0. The van der Waals surface area contributed by atoms with Gasteiger partial charge in [0.05, 0.1) is 0 Å². The molecule has 0 atom stereocenters. The fraction of sp³-hybridized carbons (Fsp3) is 0.391. The fourth-order valence-corrected chi connectivity index (χ4v) is 4.00. The van der Waals surface area contributed by atoms with E-state index in [1.54, 1.807) is 30.3 Å². The monoisotopic (exact) mass is 396 g/mol. The molecule has 1 saturated carbocycles. The zero-order valence-corrected chi connectivity index (χ0v) is 16.8. The predicted octanol–water partition coefficient (Wildman–Crippen LogP) is 5.48. The molecule has 0 saturated heterocycles. The minimum absolute atomic E-state index is 0.239. The number of H-pyrrole nitrogens is 1. The van der Waals surface area contributed by atoms with Crippen LogP contribution in [0.2, 0.25) is 0 Å². The van der Waals surface area contributed by atoms with E-state index in [1.165, 1.54) is 25.2 Å². The van der Waals surface area contributed by atoms with Crippen molar-refractivity contribution in [2.45, 2.75) is 52.1 Å². The van der Waals surface area contributed by atoms with Crippen molar-refractivity contribution in [1.82, 2.24) is 20.5 Å². The number of aromatic nitrogens is 3. The Morgan fingerprint density at radius 3 is 2.59 bits per heavy atom. The molecule has 4 nitrogen and oxygen atoms in total. The van der Waals surface area contributed by atoms with Crippen LogP contribution in [0.3, 0.4) is 0 Å². The molecule has 0 unspecified atom stereocenters. The summed E-state index contributed by atoms with van der Waals surface area (Å²) < 4.78 is 29.9. The molecule has 1 heterocycles. The molecule has 0 radical (unpaired) electrons. The van der Waals surface area contributed by atoms with Gasteiger partial charge >= 0.3 is 0 Å². The van der Waals surface area contributed by atoms with Gasteiger partial charge < -0.3 is 5.32 Å². The van der Waals surface area contributed by atoms with Gasteiger partial charge in [-0.1, -0.05) is 44.2 Å². The summed E-state index contributed by atoms with van der Waals surface area (Å²) in [5.41, 5.74) is 2.02. The molecule has 1 aromatic heterocycles. The molecule has 6 heteroatoms. The van der Waals surface area contributed by atoms with E-state index in [0.717, 1.165) is 12.8 Å². The lowest BCUT2D eigenvalue weighted by atomic mass is 9.75. The van der Waals surface area contributed by atoms with Gasteiger partial charge in [-0.15, -0.1) is 0 Å². The molecule has 1 fully saturated rings. The minimum atomic E-state index is -0.495. The number of halogens is 2. The van der Waals surface area contributed by atoms with Crippen LogP contribution in [0.25, 0.3) is 22.5 Å². The van der Waals surface area contributed by atoms with Gasteiger partial charge in [-0.3, -0.25) is 5.10 Å². The largest absolute Gasteiger partial charge is 0.310 e. The highest BCUT2D eigenvalue weighted by Crippen LogP contribution is 2.35. The van der Waals surface area contributed by atoms with E-state index in [-0.39, 0.29) is 16.9 Å². The Kier molecular flexibility index (Phi) is 5.46. The van der Waals surface area contributed by atoms with Gasteiger partial charge in [-0.2, -0.15) is 5.10 Å². The van der Waals surface area contributed by atoms with Gasteiger partial charge in [0.15, 0.2) is 5.82 Å². The molecule has 0 bridgehead atoms. The van der Waals surface area contributed by atoms with Crippen molar-refractivity contribution in [1.29, 1.82) is 0 Å². The second-order valence-electron chi connectivity index (χ2n) is 8.62.